The van der Waals surface area contributed by atoms with Crippen molar-refractivity contribution in [3.8, 4) is 0 Å². The average molecular weight is 343 g/mol. The number of halogens is 1. The van der Waals surface area contributed by atoms with E-state index in [4.69, 9.17) is 4.74 Å². The van der Waals surface area contributed by atoms with E-state index >= 15 is 0 Å². The summed E-state index contributed by atoms with van der Waals surface area (Å²) < 4.78 is 6.19. The lowest BCUT2D eigenvalue weighted by atomic mass is 10.1. The Morgan fingerprint density at radius 3 is 2.80 bits per heavy atom. The monoisotopic (exact) mass is 342 g/mol. The number of benzene rings is 1. The highest BCUT2D eigenvalue weighted by molar-refractivity contribution is 9.10. The highest BCUT2D eigenvalue weighted by Gasteiger charge is 2.10. The first-order valence-corrected chi connectivity index (χ1v) is 8.07. The van der Waals surface area contributed by atoms with Crippen LogP contribution in [0.4, 0.5) is 5.69 Å². The van der Waals surface area contributed by atoms with Gasteiger partial charge in [0, 0.05) is 44.0 Å². The zero-order valence-electron chi connectivity index (χ0n) is 13.1. The van der Waals surface area contributed by atoms with Gasteiger partial charge in [-0.25, -0.2) is 0 Å². The molecule has 0 saturated carbocycles. The minimum atomic E-state index is 0.702. The Morgan fingerprint density at radius 1 is 1.40 bits per heavy atom. The summed E-state index contributed by atoms with van der Waals surface area (Å²) in [5.74, 6) is 0.702. The van der Waals surface area contributed by atoms with Crippen LogP contribution in [-0.2, 0) is 11.3 Å². The fraction of sp³-hybridized carbons (Fsp3) is 0.625. The number of nitrogens with zero attached hydrogens (tertiary/aromatic N) is 1. The summed E-state index contributed by atoms with van der Waals surface area (Å²) in [4.78, 5) is 2.35. The van der Waals surface area contributed by atoms with Crippen molar-refractivity contribution in [3.05, 3.63) is 28.2 Å². The standard InChI is InChI=1S/C16H27BrN2O/c1-5-13(2)12-19(3)16-10-15(17)7-6-14(16)11-18-8-9-20-4/h6-7,10,13,18H,5,8-9,11-12H2,1-4H3. The second kappa shape index (κ2) is 9.37. The number of anilines is 1. The van der Waals surface area contributed by atoms with Gasteiger partial charge >= 0.3 is 0 Å². The van der Waals surface area contributed by atoms with Gasteiger partial charge in [0.1, 0.15) is 0 Å². The van der Waals surface area contributed by atoms with Crippen molar-refractivity contribution in [1.29, 1.82) is 0 Å². The fourth-order valence-corrected chi connectivity index (χ4v) is 2.48. The lowest BCUT2D eigenvalue weighted by Crippen LogP contribution is -2.26. The van der Waals surface area contributed by atoms with Gasteiger partial charge in [0.05, 0.1) is 6.61 Å². The molecule has 0 spiro atoms. The van der Waals surface area contributed by atoms with Gasteiger partial charge in [-0.2, -0.15) is 0 Å². The molecule has 0 bridgehead atoms. The third kappa shape index (κ3) is 5.81. The Hall–Kier alpha value is -0.580. The molecule has 0 saturated heterocycles. The van der Waals surface area contributed by atoms with Crippen LogP contribution in [0.5, 0.6) is 0 Å². The largest absolute Gasteiger partial charge is 0.383 e. The normalized spacial score (nSPS) is 12.4. The van der Waals surface area contributed by atoms with Crippen molar-refractivity contribution in [1.82, 2.24) is 5.32 Å². The van der Waals surface area contributed by atoms with Gasteiger partial charge in [-0.3, -0.25) is 0 Å². The number of nitrogens with one attached hydrogen (secondary N) is 1. The van der Waals surface area contributed by atoms with E-state index in [-0.39, 0.29) is 0 Å². The molecule has 0 aromatic heterocycles. The summed E-state index contributed by atoms with van der Waals surface area (Å²) in [5.41, 5.74) is 2.62. The summed E-state index contributed by atoms with van der Waals surface area (Å²) in [6, 6.07) is 6.50. The van der Waals surface area contributed by atoms with Gasteiger partial charge < -0.3 is 15.0 Å². The van der Waals surface area contributed by atoms with Gasteiger partial charge in [-0.15, -0.1) is 0 Å². The molecule has 20 heavy (non-hydrogen) atoms. The molecule has 0 fully saturated rings. The molecular formula is C16H27BrN2O. The van der Waals surface area contributed by atoms with Crippen LogP contribution < -0.4 is 10.2 Å². The zero-order valence-corrected chi connectivity index (χ0v) is 14.7. The zero-order chi connectivity index (χ0) is 15.0. The Morgan fingerprint density at radius 2 is 2.15 bits per heavy atom. The van der Waals surface area contributed by atoms with Gasteiger partial charge in [-0.1, -0.05) is 42.3 Å². The number of ether oxygens (including phenoxy) is 1. The van der Waals surface area contributed by atoms with E-state index in [2.05, 4.69) is 65.2 Å². The Labute approximate surface area is 131 Å². The summed E-state index contributed by atoms with van der Waals surface area (Å²) in [5, 5.41) is 3.42. The molecule has 0 aliphatic rings. The van der Waals surface area contributed by atoms with Gasteiger partial charge in [-0.05, 0) is 23.6 Å². The molecule has 1 aromatic rings. The molecule has 1 unspecified atom stereocenters. The third-order valence-corrected chi connectivity index (χ3v) is 4.03. The van der Waals surface area contributed by atoms with E-state index in [9.17, 15) is 0 Å². The second-order valence-electron chi connectivity index (χ2n) is 5.34. The van der Waals surface area contributed by atoms with E-state index < -0.39 is 0 Å². The minimum Gasteiger partial charge on any atom is -0.383 e. The number of methoxy groups -OCH3 is 1. The van der Waals surface area contributed by atoms with Crippen molar-refractivity contribution in [3.63, 3.8) is 0 Å². The summed E-state index contributed by atoms with van der Waals surface area (Å²) in [6.45, 7) is 8.11. The molecule has 0 aliphatic heterocycles. The van der Waals surface area contributed by atoms with E-state index in [1.165, 1.54) is 17.7 Å². The first-order chi connectivity index (χ1) is 9.58. The van der Waals surface area contributed by atoms with E-state index in [1.54, 1.807) is 7.11 Å². The van der Waals surface area contributed by atoms with Gasteiger partial charge in [0.25, 0.3) is 0 Å². The van der Waals surface area contributed by atoms with Crippen molar-refractivity contribution in [2.75, 3.05) is 38.8 Å². The topological polar surface area (TPSA) is 24.5 Å². The van der Waals surface area contributed by atoms with Crippen molar-refractivity contribution in [2.45, 2.75) is 26.8 Å². The fourth-order valence-electron chi connectivity index (χ4n) is 2.13. The summed E-state index contributed by atoms with van der Waals surface area (Å²) >= 11 is 3.57. The molecule has 0 aliphatic carbocycles. The molecule has 1 atom stereocenters. The average Bonchev–Trinajstić information content (AvgIpc) is 2.44. The molecule has 114 valence electrons. The molecule has 0 heterocycles. The highest BCUT2D eigenvalue weighted by Crippen LogP contribution is 2.25. The van der Waals surface area contributed by atoms with Crippen LogP contribution in [0.15, 0.2) is 22.7 Å². The summed E-state index contributed by atoms with van der Waals surface area (Å²) in [7, 11) is 3.90. The van der Waals surface area contributed by atoms with Crippen molar-refractivity contribution < 1.29 is 4.74 Å². The van der Waals surface area contributed by atoms with Gasteiger partial charge in [0.2, 0.25) is 0 Å². The molecule has 1 N–H and O–H groups in total. The lowest BCUT2D eigenvalue weighted by molar-refractivity contribution is 0.199. The number of hydrogen-bond acceptors (Lipinski definition) is 3. The predicted octanol–water partition coefficient (Wildman–Crippen LogP) is 3.67. The Bertz CT molecular complexity index is 398. The molecular weight excluding hydrogens is 316 g/mol. The Kier molecular flexibility index (Phi) is 8.19. The van der Waals surface area contributed by atoms with Crippen LogP contribution in [-0.4, -0.2) is 33.9 Å². The van der Waals surface area contributed by atoms with Crippen LogP contribution in [0.25, 0.3) is 0 Å². The maximum Gasteiger partial charge on any atom is 0.0587 e. The molecule has 3 nitrogen and oxygen atoms in total. The van der Waals surface area contributed by atoms with E-state index in [0.717, 1.165) is 30.7 Å². The molecule has 1 rings (SSSR count). The van der Waals surface area contributed by atoms with Crippen LogP contribution >= 0.6 is 15.9 Å². The Balaban J connectivity index is 2.73. The quantitative estimate of drug-likeness (QED) is 0.693. The van der Waals surface area contributed by atoms with Crippen LogP contribution in [0, 0.1) is 5.92 Å². The highest BCUT2D eigenvalue weighted by atomic mass is 79.9. The molecule has 0 radical (unpaired) electrons. The smallest absolute Gasteiger partial charge is 0.0587 e. The van der Waals surface area contributed by atoms with Crippen molar-refractivity contribution >= 4 is 21.6 Å². The van der Waals surface area contributed by atoms with E-state index in [1.807, 2.05) is 0 Å². The van der Waals surface area contributed by atoms with Crippen LogP contribution in [0.2, 0.25) is 0 Å². The van der Waals surface area contributed by atoms with Crippen molar-refractivity contribution in [2.24, 2.45) is 5.92 Å². The third-order valence-electron chi connectivity index (χ3n) is 3.54. The van der Waals surface area contributed by atoms with E-state index in [0.29, 0.717) is 5.92 Å². The minimum absolute atomic E-state index is 0.702. The lowest BCUT2D eigenvalue weighted by Gasteiger charge is -2.26. The number of rotatable bonds is 9. The first-order valence-electron chi connectivity index (χ1n) is 7.27. The van der Waals surface area contributed by atoms with Crippen LogP contribution in [0.1, 0.15) is 25.8 Å². The van der Waals surface area contributed by atoms with Gasteiger partial charge in [0.15, 0.2) is 0 Å². The predicted molar refractivity (Wildman–Crippen MR) is 90.4 cm³/mol. The second-order valence-corrected chi connectivity index (χ2v) is 6.25. The molecule has 0 amide bonds. The summed E-state index contributed by atoms with van der Waals surface area (Å²) in [6.07, 6.45) is 1.21. The number of hydrogen-bond donors (Lipinski definition) is 1. The first kappa shape index (κ1) is 17.5. The van der Waals surface area contributed by atoms with Crippen LogP contribution in [0.3, 0.4) is 0 Å². The maximum absolute atomic E-state index is 5.06. The molecule has 4 heteroatoms. The SMILES string of the molecule is CCC(C)CN(C)c1cc(Br)ccc1CNCCOC. The maximum atomic E-state index is 5.06. The molecule has 1 aromatic carbocycles.